The topological polar surface area (TPSA) is 374 Å². The van der Waals surface area contributed by atoms with Crippen LogP contribution < -0.4 is 19.6 Å². The molecule has 0 unspecified atom stereocenters. The van der Waals surface area contributed by atoms with Crippen LogP contribution in [-0.2, 0) is 51.8 Å². The average Bonchev–Trinajstić information content (AvgIpc) is 2.87. The van der Waals surface area contributed by atoms with Crippen LogP contribution in [0, 0.1) is 0 Å². The predicted octanol–water partition coefficient (Wildman–Crippen LogP) is -1.96. The number of rotatable bonds is 2. The minimum Gasteiger partial charge on any atom is -0.756 e. The summed E-state index contributed by atoms with van der Waals surface area (Å²) < 4.78 is 35.1. The van der Waals surface area contributed by atoms with Crippen LogP contribution in [0.15, 0.2) is 97.6 Å². The second-order valence-corrected chi connectivity index (χ2v) is 10.7. The maximum Gasteiger partial charge on any atom is 2.00 e. The van der Waals surface area contributed by atoms with Crippen molar-refractivity contribution in [2.24, 2.45) is 0 Å². The number of nitrogens with zero attached hydrogens (tertiary/aromatic N) is 4. The maximum absolute atomic E-state index is 8.77. The molecule has 4 aromatic rings. The van der Waals surface area contributed by atoms with Gasteiger partial charge >= 0.3 is 33.6 Å². The molecule has 258 valence electrons. The normalized spacial score (nSPS) is 10.2. The summed E-state index contributed by atoms with van der Waals surface area (Å²) in [5.74, 6) is 0. The molecule has 0 spiro atoms. The molecule has 0 fully saturated rings. The molecule has 8 N–H and O–H groups in total. The Bertz CT molecular complexity index is 1230. The first-order valence-corrected chi connectivity index (χ1v) is 16.8. The minimum absolute atomic E-state index is 0. The van der Waals surface area contributed by atoms with E-state index in [9.17, 15) is 0 Å². The van der Waals surface area contributed by atoms with Gasteiger partial charge in [0.2, 0.25) is 0 Å². The summed E-state index contributed by atoms with van der Waals surface area (Å²) in [6.45, 7) is 0. The first kappa shape index (κ1) is 50.9. The standard InChI is InChI=1S/2C10H8N2.2Co.4H3O4P/c2*1-3-7-11-9(5-1)10-6-2-4-8-12-10;;;4*1-5(2,3)4/h2*1-8H;;;4*(H3,1,2,3,4)/q;;2*+2;;;;/p-4. The van der Waals surface area contributed by atoms with Gasteiger partial charge in [0.25, 0.3) is 31.3 Å². The molecule has 20 nitrogen and oxygen atoms in total. The Morgan fingerprint density at radius 2 is 0.500 bits per heavy atom. The summed E-state index contributed by atoms with van der Waals surface area (Å²) in [7, 11) is -19.6. The summed E-state index contributed by atoms with van der Waals surface area (Å²) >= 11 is 0. The number of hydrogen-bond acceptors (Lipinski definition) is 12. The van der Waals surface area contributed by atoms with E-state index >= 15 is 0 Å². The van der Waals surface area contributed by atoms with E-state index in [2.05, 4.69) is 19.9 Å². The third-order valence-corrected chi connectivity index (χ3v) is 3.18. The fourth-order valence-corrected chi connectivity index (χ4v) is 2.06. The summed E-state index contributed by atoms with van der Waals surface area (Å²) in [5.41, 5.74) is 3.66. The maximum atomic E-state index is 8.77. The van der Waals surface area contributed by atoms with Crippen molar-refractivity contribution in [2.45, 2.75) is 0 Å². The SMILES string of the molecule is O=P([O-])(O)O.O=P([O-])(O)O.O=P([O-])(O)O.O=P([O-])(O)O.[Co+2].[Co+2].c1ccc(-c2ccccn2)nc1.c1ccc(-c2ccccn2)nc1. The number of aromatic nitrogens is 4. The molecule has 4 aromatic heterocycles. The summed E-state index contributed by atoms with van der Waals surface area (Å²) in [5, 5.41) is 0. The molecule has 0 aromatic carbocycles. The van der Waals surface area contributed by atoms with Gasteiger partial charge < -0.3 is 58.7 Å². The van der Waals surface area contributed by atoms with E-state index in [1.165, 1.54) is 0 Å². The van der Waals surface area contributed by atoms with E-state index in [0.717, 1.165) is 22.8 Å². The molecule has 4 heterocycles. The first-order valence-electron chi connectivity index (χ1n) is 10.6. The molecule has 0 aliphatic carbocycles. The number of pyridine rings is 4. The molecule has 0 saturated carbocycles. The van der Waals surface area contributed by atoms with Crippen LogP contribution in [0.5, 0.6) is 0 Å². The zero-order chi connectivity index (χ0) is 34.5. The largest absolute Gasteiger partial charge is 2.00 e. The van der Waals surface area contributed by atoms with Crippen molar-refractivity contribution in [1.82, 2.24) is 19.9 Å². The fourth-order valence-electron chi connectivity index (χ4n) is 2.06. The molecule has 4 rings (SSSR count). The molecule has 0 bridgehead atoms. The smallest absolute Gasteiger partial charge is 0.756 e. The van der Waals surface area contributed by atoms with Gasteiger partial charge in [-0.15, -0.1) is 0 Å². The predicted molar refractivity (Wildman–Crippen MR) is 143 cm³/mol. The Balaban J connectivity index is -0.000000243. The molecule has 46 heavy (non-hydrogen) atoms. The van der Waals surface area contributed by atoms with Crippen LogP contribution >= 0.6 is 31.3 Å². The van der Waals surface area contributed by atoms with Crippen molar-refractivity contribution in [1.29, 1.82) is 0 Å². The van der Waals surface area contributed by atoms with Gasteiger partial charge in [-0.1, -0.05) is 24.3 Å². The zero-order valence-corrected chi connectivity index (χ0v) is 28.0. The van der Waals surface area contributed by atoms with E-state index in [1.807, 2.05) is 72.8 Å². The molecular weight excluding hydrogens is 794 g/mol. The molecule has 0 atom stereocenters. The Morgan fingerprint density at radius 1 is 0.370 bits per heavy atom. The zero-order valence-electron chi connectivity index (χ0n) is 22.3. The van der Waals surface area contributed by atoms with Gasteiger partial charge in [0.05, 0.1) is 22.8 Å². The molecular formula is C20H24Co2N4O16P4. The monoisotopic (exact) mass is 818 g/mol. The van der Waals surface area contributed by atoms with Gasteiger partial charge in [0.1, 0.15) is 0 Å². The average molecular weight is 818 g/mol. The van der Waals surface area contributed by atoms with Gasteiger partial charge in [-0.25, -0.2) is 0 Å². The Hall–Kier alpha value is -1.95. The van der Waals surface area contributed by atoms with Crippen molar-refractivity contribution in [3.8, 4) is 22.8 Å². The van der Waals surface area contributed by atoms with Crippen molar-refractivity contribution >= 4 is 31.3 Å². The third kappa shape index (κ3) is 48.9. The van der Waals surface area contributed by atoms with Crippen molar-refractivity contribution < 1.29 is 111 Å². The summed E-state index contributed by atoms with van der Waals surface area (Å²) in [4.78, 5) is 108. The summed E-state index contributed by atoms with van der Waals surface area (Å²) in [6.07, 6.45) is 7.07. The van der Waals surface area contributed by atoms with Crippen molar-refractivity contribution in [2.75, 3.05) is 0 Å². The Kier molecular flexibility index (Phi) is 28.8. The van der Waals surface area contributed by atoms with Crippen LogP contribution in [0.4, 0.5) is 0 Å². The molecule has 0 aliphatic heterocycles. The Morgan fingerprint density at radius 3 is 0.587 bits per heavy atom. The fraction of sp³-hybridized carbons (Fsp3) is 0. The van der Waals surface area contributed by atoms with Crippen LogP contribution in [0.1, 0.15) is 0 Å². The molecule has 2 radical (unpaired) electrons. The van der Waals surface area contributed by atoms with Crippen molar-refractivity contribution in [3.63, 3.8) is 0 Å². The van der Waals surface area contributed by atoms with Crippen molar-refractivity contribution in [3.05, 3.63) is 97.6 Å². The van der Waals surface area contributed by atoms with Gasteiger partial charge in [-0.05, 0) is 48.5 Å². The minimum atomic E-state index is -4.89. The molecule has 0 saturated heterocycles. The quantitative estimate of drug-likeness (QED) is 0.102. The second-order valence-electron chi connectivity index (χ2n) is 6.82. The van der Waals surface area contributed by atoms with Crippen LogP contribution in [-0.4, -0.2) is 59.1 Å². The van der Waals surface area contributed by atoms with E-state index in [4.69, 9.17) is 77.0 Å². The van der Waals surface area contributed by atoms with E-state index < -0.39 is 31.3 Å². The van der Waals surface area contributed by atoms with E-state index in [1.54, 1.807) is 24.8 Å². The van der Waals surface area contributed by atoms with Gasteiger partial charge in [-0.3, -0.25) is 38.2 Å². The van der Waals surface area contributed by atoms with Gasteiger partial charge in [0, 0.05) is 24.8 Å². The molecule has 0 aliphatic rings. The van der Waals surface area contributed by atoms with Crippen LogP contribution in [0.2, 0.25) is 0 Å². The van der Waals surface area contributed by atoms with Crippen LogP contribution in [0.3, 0.4) is 0 Å². The third-order valence-electron chi connectivity index (χ3n) is 3.18. The number of phosphoric acid groups is 4. The second kappa shape index (κ2) is 26.1. The summed E-state index contributed by atoms with van der Waals surface area (Å²) in [6, 6.07) is 23.2. The molecule has 0 amide bonds. The van der Waals surface area contributed by atoms with Crippen LogP contribution in [0.25, 0.3) is 22.8 Å². The van der Waals surface area contributed by atoms with E-state index in [0.29, 0.717) is 0 Å². The number of hydrogen-bond donors (Lipinski definition) is 8. The first-order chi connectivity index (χ1) is 19.9. The van der Waals surface area contributed by atoms with Gasteiger partial charge in [-0.2, -0.15) is 0 Å². The molecule has 26 heteroatoms. The van der Waals surface area contributed by atoms with E-state index in [-0.39, 0.29) is 33.6 Å². The Labute approximate surface area is 281 Å². The van der Waals surface area contributed by atoms with Gasteiger partial charge in [0.15, 0.2) is 0 Å².